The van der Waals surface area contributed by atoms with Crippen LogP contribution >= 0.6 is 11.6 Å². The summed E-state index contributed by atoms with van der Waals surface area (Å²) in [6, 6.07) is 15.6. The summed E-state index contributed by atoms with van der Waals surface area (Å²) in [6.45, 7) is 1.11. The minimum absolute atomic E-state index is 0.496. The molecule has 2 aliphatic rings. The molecule has 1 atom stereocenters. The van der Waals surface area contributed by atoms with E-state index in [2.05, 4.69) is 29.1 Å². The highest BCUT2D eigenvalue weighted by atomic mass is 35.5. The molecule has 0 fully saturated rings. The van der Waals surface area contributed by atoms with Crippen molar-refractivity contribution in [1.29, 1.82) is 0 Å². The van der Waals surface area contributed by atoms with Gasteiger partial charge in [-0.2, -0.15) is 0 Å². The summed E-state index contributed by atoms with van der Waals surface area (Å²) in [4.78, 5) is 5.77. The molecule has 23 heavy (non-hydrogen) atoms. The van der Waals surface area contributed by atoms with Crippen LogP contribution in [0.2, 0.25) is 5.02 Å². The standard InChI is InChI=1S/C19H14ClNO2/c20-16-6-3-4-14(10-16)8-9-17-11-19(23-21-17)13-22-12-15-5-1-2-7-18(15)19/h1-7,10H,11-13H2. The van der Waals surface area contributed by atoms with Crippen molar-refractivity contribution in [2.45, 2.75) is 18.6 Å². The van der Waals surface area contributed by atoms with Gasteiger partial charge < -0.3 is 9.57 Å². The van der Waals surface area contributed by atoms with Crippen molar-refractivity contribution in [2.75, 3.05) is 6.61 Å². The number of nitrogens with zero attached hydrogens (tertiary/aromatic N) is 1. The van der Waals surface area contributed by atoms with Gasteiger partial charge in [-0.25, -0.2) is 0 Å². The Balaban J connectivity index is 1.58. The summed E-state index contributed by atoms with van der Waals surface area (Å²) in [7, 11) is 0. The van der Waals surface area contributed by atoms with Gasteiger partial charge in [0.1, 0.15) is 5.71 Å². The minimum Gasteiger partial charge on any atom is -0.381 e. The van der Waals surface area contributed by atoms with Crippen molar-refractivity contribution in [1.82, 2.24) is 0 Å². The third-order valence-corrected chi connectivity index (χ3v) is 4.30. The van der Waals surface area contributed by atoms with E-state index in [9.17, 15) is 0 Å². The van der Waals surface area contributed by atoms with Crippen LogP contribution in [0.25, 0.3) is 0 Å². The lowest BCUT2D eigenvalue weighted by Crippen LogP contribution is -2.36. The van der Waals surface area contributed by atoms with Gasteiger partial charge in [0, 0.05) is 16.1 Å². The van der Waals surface area contributed by atoms with E-state index in [4.69, 9.17) is 21.2 Å². The van der Waals surface area contributed by atoms with Crippen LogP contribution in [0.3, 0.4) is 0 Å². The van der Waals surface area contributed by atoms with Gasteiger partial charge in [-0.05, 0) is 29.7 Å². The molecule has 114 valence electrons. The number of benzene rings is 2. The van der Waals surface area contributed by atoms with Crippen molar-refractivity contribution in [3.63, 3.8) is 0 Å². The second kappa shape index (κ2) is 5.73. The number of halogens is 1. The van der Waals surface area contributed by atoms with Crippen molar-refractivity contribution in [3.8, 4) is 11.8 Å². The van der Waals surface area contributed by atoms with Gasteiger partial charge in [0.25, 0.3) is 0 Å². The number of hydrogen-bond acceptors (Lipinski definition) is 3. The largest absolute Gasteiger partial charge is 0.381 e. The molecule has 0 aromatic heterocycles. The number of ether oxygens (including phenoxy) is 1. The molecule has 1 unspecified atom stereocenters. The molecule has 0 radical (unpaired) electrons. The average Bonchev–Trinajstić information content (AvgIpc) is 2.97. The first-order valence-corrected chi connectivity index (χ1v) is 7.82. The van der Waals surface area contributed by atoms with Crippen molar-refractivity contribution in [3.05, 3.63) is 70.2 Å². The fourth-order valence-corrected chi connectivity index (χ4v) is 3.16. The molecule has 0 saturated heterocycles. The molecular weight excluding hydrogens is 310 g/mol. The first-order chi connectivity index (χ1) is 11.3. The Morgan fingerprint density at radius 2 is 2.00 bits per heavy atom. The fraction of sp³-hybridized carbons (Fsp3) is 0.211. The number of fused-ring (bicyclic) bond motifs is 2. The zero-order valence-corrected chi connectivity index (χ0v) is 13.1. The molecule has 0 amide bonds. The zero-order valence-electron chi connectivity index (χ0n) is 12.4. The van der Waals surface area contributed by atoms with Crippen LogP contribution in [0, 0.1) is 11.8 Å². The molecule has 0 bridgehead atoms. The van der Waals surface area contributed by atoms with Gasteiger partial charge in [-0.15, -0.1) is 0 Å². The highest BCUT2D eigenvalue weighted by Gasteiger charge is 2.44. The predicted molar refractivity (Wildman–Crippen MR) is 89.2 cm³/mol. The van der Waals surface area contributed by atoms with Crippen LogP contribution < -0.4 is 0 Å². The molecule has 2 heterocycles. The van der Waals surface area contributed by atoms with E-state index in [-0.39, 0.29) is 0 Å². The van der Waals surface area contributed by atoms with E-state index in [1.807, 2.05) is 36.4 Å². The molecule has 0 N–H and O–H groups in total. The summed E-state index contributed by atoms with van der Waals surface area (Å²) in [6.07, 6.45) is 0.623. The van der Waals surface area contributed by atoms with Crippen molar-refractivity contribution in [2.24, 2.45) is 5.16 Å². The van der Waals surface area contributed by atoms with E-state index in [1.165, 1.54) is 0 Å². The Labute approximate surface area is 139 Å². The molecule has 4 heteroatoms. The molecule has 0 aliphatic carbocycles. The average molecular weight is 324 g/mol. The second-order valence-electron chi connectivity index (χ2n) is 5.71. The van der Waals surface area contributed by atoms with Gasteiger partial charge in [0.15, 0.2) is 5.60 Å². The molecule has 1 spiro atoms. The SMILES string of the molecule is Clc1cccc(C#CC2=NOC3(COCc4ccccc43)C2)c1. The lowest BCUT2D eigenvalue weighted by atomic mass is 9.85. The first kappa shape index (κ1) is 14.3. The first-order valence-electron chi connectivity index (χ1n) is 7.44. The van der Waals surface area contributed by atoms with E-state index in [0.29, 0.717) is 24.7 Å². The summed E-state index contributed by atoms with van der Waals surface area (Å²) in [5.74, 6) is 6.18. The van der Waals surface area contributed by atoms with Crippen LogP contribution in [-0.2, 0) is 21.8 Å². The number of rotatable bonds is 0. The molecule has 2 aliphatic heterocycles. The molecule has 2 aromatic rings. The maximum absolute atomic E-state index is 5.97. The van der Waals surface area contributed by atoms with Gasteiger partial charge >= 0.3 is 0 Å². The summed E-state index contributed by atoms with van der Waals surface area (Å²) in [5.41, 5.74) is 3.35. The van der Waals surface area contributed by atoms with Crippen LogP contribution in [0.1, 0.15) is 23.1 Å². The minimum atomic E-state index is -0.535. The quantitative estimate of drug-likeness (QED) is 0.689. The topological polar surface area (TPSA) is 30.8 Å². The lowest BCUT2D eigenvalue weighted by molar-refractivity contribution is -0.102. The Kier molecular flexibility index (Phi) is 3.57. The molecule has 4 rings (SSSR count). The fourth-order valence-electron chi connectivity index (χ4n) is 2.97. The lowest BCUT2D eigenvalue weighted by Gasteiger charge is -2.32. The molecule has 0 saturated carbocycles. The second-order valence-corrected chi connectivity index (χ2v) is 6.15. The van der Waals surface area contributed by atoms with Crippen LogP contribution in [-0.4, -0.2) is 12.3 Å². The third-order valence-electron chi connectivity index (χ3n) is 4.06. The molecule has 2 aromatic carbocycles. The van der Waals surface area contributed by atoms with E-state index < -0.39 is 5.60 Å². The summed E-state index contributed by atoms with van der Waals surface area (Å²) >= 11 is 5.97. The molecular formula is C19H14ClNO2. The van der Waals surface area contributed by atoms with Crippen molar-refractivity contribution < 1.29 is 9.57 Å². The Hall–Kier alpha value is -2.28. The van der Waals surface area contributed by atoms with Crippen LogP contribution in [0.4, 0.5) is 0 Å². The van der Waals surface area contributed by atoms with E-state index >= 15 is 0 Å². The summed E-state index contributed by atoms with van der Waals surface area (Å²) < 4.78 is 5.70. The van der Waals surface area contributed by atoms with Crippen LogP contribution in [0.15, 0.2) is 53.7 Å². The Bertz CT molecular complexity index is 850. The number of oxime groups is 1. The molecule has 3 nitrogen and oxygen atoms in total. The number of hydrogen-bond donors (Lipinski definition) is 0. The zero-order chi connectivity index (χ0) is 15.7. The monoisotopic (exact) mass is 323 g/mol. The normalized spacial score (nSPS) is 21.9. The Morgan fingerprint density at radius 1 is 1.09 bits per heavy atom. The van der Waals surface area contributed by atoms with E-state index in [1.54, 1.807) is 0 Å². The Morgan fingerprint density at radius 3 is 2.91 bits per heavy atom. The van der Waals surface area contributed by atoms with Crippen molar-refractivity contribution >= 4 is 17.3 Å². The predicted octanol–water partition coefficient (Wildman–Crippen LogP) is 3.89. The van der Waals surface area contributed by atoms with Gasteiger partial charge in [-0.3, -0.25) is 0 Å². The van der Waals surface area contributed by atoms with Crippen LogP contribution in [0.5, 0.6) is 0 Å². The maximum Gasteiger partial charge on any atom is 0.192 e. The summed E-state index contributed by atoms with van der Waals surface area (Å²) in [5, 5.41) is 4.85. The van der Waals surface area contributed by atoms with E-state index in [0.717, 1.165) is 22.4 Å². The van der Waals surface area contributed by atoms with Gasteiger partial charge in [-0.1, -0.05) is 53.0 Å². The third kappa shape index (κ3) is 2.72. The highest BCUT2D eigenvalue weighted by molar-refractivity contribution is 6.30. The highest BCUT2D eigenvalue weighted by Crippen LogP contribution is 2.40. The van der Waals surface area contributed by atoms with Gasteiger partial charge in [0.2, 0.25) is 0 Å². The van der Waals surface area contributed by atoms with Gasteiger partial charge in [0.05, 0.1) is 19.6 Å². The smallest absolute Gasteiger partial charge is 0.192 e. The maximum atomic E-state index is 5.97.